The summed E-state index contributed by atoms with van der Waals surface area (Å²) < 4.78 is 12.9. The van der Waals surface area contributed by atoms with E-state index >= 15 is 0 Å². The molecule has 0 unspecified atom stereocenters. The maximum Gasteiger partial charge on any atom is 0.266 e. The molecule has 1 N–H and O–H groups in total. The minimum absolute atomic E-state index is 0.00707. The molecule has 2 aromatic rings. The molecule has 0 aliphatic carbocycles. The van der Waals surface area contributed by atoms with Crippen molar-refractivity contribution >= 4 is 56.2 Å². The lowest BCUT2D eigenvalue weighted by Crippen LogP contribution is -2.13. The summed E-state index contributed by atoms with van der Waals surface area (Å²) in [4.78, 5) is 12.5. The summed E-state index contributed by atoms with van der Waals surface area (Å²) in [5, 5.41) is 12.2. The van der Waals surface area contributed by atoms with Gasteiger partial charge in [-0.05, 0) is 94.3 Å². The first-order chi connectivity index (χ1) is 13.0. The Morgan fingerprint density at radius 2 is 2.00 bits per heavy atom. The topological polar surface area (TPSA) is 71.3 Å². The average Bonchev–Trinajstić information content (AvgIpc) is 2.62. The first-order valence-electron chi connectivity index (χ1n) is 8.26. The molecule has 0 heterocycles. The summed E-state index contributed by atoms with van der Waals surface area (Å²) in [6, 6.07) is 12.8. The molecule has 0 bridgehead atoms. The number of nitriles is 1. The maximum absolute atomic E-state index is 12.5. The molecule has 0 aromatic heterocycles. The number of hydrogen-bond donors (Lipinski definition) is 1. The van der Waals surface area contributed by atoms with Crippen molar-refractivity contribution in [1.29, 1.82) is 5.26 Å². The third-order valence-electron chi connectivity index (χ3n) is 3.38. The fourth-order valence-corrected chi connectivity index (χ4v) is 3.42. The Balaban J connectivity index is 2.33. The molecule has 2 rings (SSSR count). The number of amides is 1. The maximum atomic E-state index is 12.5. The minimum atomic E-state index is -0.470. The van der Waals surface area contributed by atoms with E-state index in [0.717, 1.165) is 3.57 Å². The first kappa shape index (κ1) is 21.3. The molecule has 7 heteroatoms. The van der Waals surface area contributed by atoms with Crippen LogP contribution in [0.1, 0.15) is 19.4 Å². The molecular weight excluding hydrogens is 523 g/mol. The van der Waals surface area contributed by atoms with Crippen LogP contribution in [0.15, 0.2) is 46.4 Å². The van der Waals surface area contributed by atoms with Crippen LogP contribution in [0.4, 0.5) is 5.69 Å². The van der Waals surface area contributed by atoms with E-state index in [9.17, 15) is 10.1 Å². The standard InChI is InChI=1S/C20H18BrIN2O3/c1-3-26-18-10-13(9-17(21)19(18)27-4-2)8-14(12-23)20(25)24-16-7-5-6-15(22)11-16/h5-11H,3-4H2,1-2H3,(H,24,25)/b14-8+. The number of ether oxygens (including phenoxy) is 2. The van der Waals surface area contributed by atoms with E-state index in [2.05, 4.69) is 43.8 Å². The largest absolute Gasteiger partial charge is 0.490 e. The van der Waals surface area contributed by atoms with Crippen LogP contribution >= 0.6 is 38.5 Å². The van der Waals surface area contributed by atoms with Gasteiger partial charge in [0.2, 0.25) is 0 Å². The second kappa shape index (κ2) is 10.3. The van der Waals surface area contributed by atoms with Crippen molar-refractivity contribution in [2.75, 3.05) is 18.5 Å². The van der Waals surface area contributed by atoms with Gasteiger partial charge in [-0.2, -0.15) is 5.26 Å². The molecule has 0 aliphatic heterocycles. The summed E-state index contributed by atoms with van der Waals surface area (Å²) in [6.45, 7) is 4.73. The predicted molar refractivity (Wildman–Crippen MR) is 118 cm³/mol. The minimum Gasteiger partial charge on any atom is -0.490 e. The Hall–Kier alpha value is -2.05. The molecule has 0 fully saturated rings. The summed E-state index contributed by atoms with van der Waals surface area (Å²) in [5.74, 6) is 0.677. The number of nitrogens with zero attached hydrogens (tertiary/aromatic N) is 1. The highest BCUT2D eigenvalue weighted by molar-refractivity contribution is 14.1. The van der Waals surface area contributed by atoms with E-state index < -0.39 is 5.91 Å². The summed E-state index contributed by atoms with van der Waals surface area (Å²) in [7, 11) is 0. The zero-order valence-electron chi connectivity index (χ0n) is 14.9. The lowest BCUT2D eigenvalue weighted by molar-refractivity contribution is -0.112. The number of carbonyl (C=O) groups excluding carboxylic acids is 1. The Morgan fingerprint density at radius 3 is 2.63 bits per heavy atom. The lowest BCUT2D eigenvalue weighted by Gasteiger charge is -2.13. The van der Waals surface area contributed by atoms with Crippen LogP contribution in [-0.4, -0.2) is 19.1 Å². The zero-order chi connectivity index (χ0) is 19.8. The molecule has 140 valence electrons. The van der Waals surface area contributed by atoms with Gasteiger partial charge in [-0.3, -0.25) is 4.79 Å². The summed E-state index contributed by atoms with van der Waals surface area (Å²) >= 11 is 5.62. The summed E-state index contributed by atoms with van der Waals surface area (Å²) in [6.07, 6.45) is 1.52. The van der Waals surface area contributed by atoms with Crippen molar-refractivity contribution in [2.24, 2.45) is 0 Å². The number of halogens is 2. The van der Waals surface area contributed by atoms with Crippen molar-refractivity contribution in [2.45, 2.75) is 13.8 Å². The van der Waals surface area contributed by atoms with Gasteiger partial charge >= 0.3 is 0 Å². The van der Waals surface area contributed by atoms with Crippen LogP contribution in [0.5, 0.6) is 11.5 Å². The highest BCUT2D eigenvalue weighted by Crippen LogP contribution is 2.37. The Labute approximate surface area is 180 Å². The van der Waals surface area contributed by atoms with Gasteiger partial charge in [0.25, 0.3) is 5.91 Å². The van der Waals surface area contributed by atoms with Gasteiger partial charge < -0.3 is 14.8 Å². The highest BCUT2D eigenvalue weighted by Gasteiger charge is 2.14. The number of rotatable bonds is 7. The van der Waals surface area contributed by atoms with E-state index in [-0.39, 0.29) is 5.57 Å². The lowest BCUT2D eigenvalue weighted by atomic mass is 10.1. The van der Waals surface area contributed by atoms with Gasteiger partial charge in [0.15, 0.2) is 11.5 Å². The van der Waals surface area contributed by atoms with Gasteiger partial charge in [-0.1, -0.05) is 6.07 Å². The van der Waals surface area contributed by atoms with E-state index in [1.54, 1.807) is 18.2 Å². The molecule has 0 saturated carbocycles. The average molecular weight is 541 g/mol. The van der Waals surface area contributed by atoms with E-state index in [0.29, 0.717) is 40.4 Å². The second-order valence-corrected chi connectivity index (χ2v) is 7.43. The third-order valence-corrected chi connectivity index (χ3v) is 4.64. The van der Waals surface area contributed by atoms with Crippen LogP contribution in [0.2, 0.25) is 0 Å². The summed E-state index contributed by atoms with van der Waals surface area (Å²) in [5.41, 5.74) is 1.28. The highest BCUT2D eigenvalue weighted by atomic mass is 127. The van der Waals surface area contributed by atoms with Gasteiger partial charge in [0.1, 0.15) is 11.6 Å². The van der Waals surface area contributed by atoms with Crippen LogP contribution < -0.4 is 14.8 Å². The van der Waals surface area contributed by atoms with Crippen LogP contribution in [-0.2, 0) is 4.79 Å². The molecule has 0 aliphatic rings. The van der Waals surface area contributed by atoms with E-state index in [1.807, 2.05) is 38.1 Å². The molecule has 0 radical (unpaired) electrons. The van der Waals surface area contributed by atoms with Gasteiger partial charge in [-0.25, -0.2) is 0 Å². The third kappa shape index (κ3) is 5.97. The van der Waals surface area contributed by atoms with Crippen LogP contribution in [0, 0.1) is 14.9 Å². The van der Waals surface area contributed by atoms with Crippen molar-refractivity contribution in [1.82, 2.24) is 0 Å². The van der Waals surface area contributed by atoms with Gasteiger partial charge in [0.05, 0.1) is 17.7 Å². The van der Waals surface area contributed by atoms with E-state index in [4.69, 9.17) is 9.47 Å². The van der Waals surface area contributed by atoms with Crippen molar-refractivity contribution < 1.29 is 14.3 Å². The van der Waals surface area contributed by atoms with Crippen molar-refractivity contribution in [3.63, 3.8) is 0 Å². The quantitative estimate of drug-likeness (QED) is 0.290. The molecule has 0 saturated heterocycles. The SMILES string of the molecule is CCOc1cc(/C=C(\C#N)C(=O)Nc2cccc(I)c2)cc(Br)c1OCC. The number of benzene rings is 2. The Kier molecular flexibility index (Phi) is 8.13. The zero-order valence-corrected chi connectivity index (χ0v) is 18.6. The fraction of sp³-hybridized carbons (Fsp3) is 0.200. The molecule has 1 amide bonds. The molecule has 2 aromatic carbocycles. The second-order valence-electron chi connectivity index (χ2n) is 5.33. The van der Waals surface area contributed by atoms with Gasteiger partial charge in [0, 0.05) is 9.26 Å². The monoisotopic (exact) mass is 540 g/mol. The molecule has 0 spiro atoms. The predicted octanol–water partition coefficient (Wildman–Crippen LogP) is 5.40. The Morgan fingerprint density at radius 1 is 1.26 bits per heavy atom. The van der Waals surface area contributed by atoms with Crippen molar-refractivity contribution in [3.05, 3.63) is 55.6 Å². The number of nitrogens with one attached hydrogen (secondary N) is 1. The van der Waals surface area contributed by atoms with E-state index in [1.165, 1.54) is 6.08 Å². The van der Waals surface area contributed by atoms with Crippen LogP contribution in [0.25, 0.3) is 6.08 Å². The number of hydrogen-bond acceptors (Lipinski definition) is 4. The fourth-order valence-electron chi connectivity index (χ4n) is 2.30. The number of carbonyl (C=O) groups is 1. The molecule has 27 heavy (non-hydrogen) atoms. The number of anilines is 1. The van der Waals surface area contributed by atoms with Gasteiger partial charge in [-0.15, -0.1) is 0 Å². The van der Waals surface area contributed by atoms with Crippen LogP contribution in [0.3, 0.4) is 0 Å². The van der Waals surface area contributed by atoms with Crippen molar-refractivity contribution in [3.8, 4) is 17.6 Å². The normalized spacial score (nSPS) is 10.9. The molecular formula is C20H18BrIN2O3. The first-order valence-corrected chi connectivity index (χ1v) is 10.1. The Bertz CT molecular complexity index is 907. The molecule has 0 atom stereocenters. The smallest absolute Gasteiger partial charge is 0.266 e. The molecule has 5 nitrogen and oxygen atoms in total.